The van der Waals surface area contributed by atoms with Crippen molar-refractivity contribution in [2.75, 3.05) is 31.2 Å². The fourth-order valence-electron chi connectivity index (χ4n) is 3.07. The third-order valence-electron chi connectivity index (χ3n) is 5.26. The second-order valence-corrected chi connectivity index (χ2v) is 12.7. The van der Waals surface area contributed by atoms with Crippen molar-refractivity contribution in [3.05, 3.63) is 0 Å². The quantitative estimate of drug-likeness (QED) is 0.116. The van der Waals surface area contributed by atoms with Gasteiger partial charge in [0.15, 0.2) is 0 Å². The number of carbonyl (C=O) groups excluding carboxylic acids is 2. The Morgan fingerprint density at radius 2 is 1.50 bits per heavy atom. The minimum absolute atomic E-state index is 0.0117. The lowest BCUT2D eigenvalue weighted by molar-refractivity contribution is -0.137. The molecule has 13 heteroatoms. The molecule has 0 heterocycles. The number of hydrogen-bond acceptors (Lipinski definition) is 7. The highest BCUT2D eigenvalue weighted by Gasteiger charge is 2.35. The maximum Gasteiger partial charge on any atom is 0.469 e. The number of hydrogen-bond donors (Lipinski definition) is 5. The largest absolute Gasteiger partial charge is 0.469 e. The van der Waals surface area contributed by atoms with Crippen LogP contribution >= 0.6 is 7.82 Å². The van der Waals surface area contributed by atoms with Crippen molar-refractivity contribution in [1.29, 1.82) is 0 Å². The molecule has 0 spiro atoms. The first kappa shape index (κ1) is 33.0. The molecule has 0 aliphatic carbocycles. The van der Waals surface area contributed by atoms with E-state index in [1.807, 2.05) is 0 Å². The number of sulfone groups is 1. The van der Waals surface area contributed by atoms with E-state index in [1.54, 1.807) is 0 Å². The Morgan fingerprint density at radius 3 is 2.09 bits per heavy atom. The highest BCUT2D eigenvalue weighted by Crippen LogP contribution is 2.38. The predicted molar refractivity (Wildman–Crippen MR) is 130 cm³/mol. The first-order valence-corrected chi connectivity index (χ1v) is 15.2. The molecule has 0 aromatic rings. The summed E-state index contributed by atoms with van der Waals surface area (Å²) < 4.78 is 39.3. The summed E-state index contributed by atoms with van der Waals surface area (Å²) in [6.45, 7) is 4.56. The van der Waals surface area contributed by atoms with E-state index in [2.05, 4.69) is 22.1 Å². The van der Waals surface area contributed by atoms with Crippen molar-refractivity contribution in [1.82, 2.24) is 10.6 Å². The van der Waals surface area contributed by atoms with Crippen LogP contribution < -0.4 is 10.6 Å². The normalized spacial score (nSPS) is 13.5. The fourth-order valence-corrected chi connectivity index (χ4v) is 5.00. The highest BCUT2D eigenvalue weighted by atomic mass is 32.2. The zero-order chi connectivity index (χ0) is 26.3. The van der Waals surface area contributed by atoms with Crippen molar-refractivity contribution >= 4 is 29.5 Å². The van der Waals surface area contributed by atoms with Crippen LogP contribution in [-0.2, 0) is 28.5 Å². The summed E-state index contributed by atoms with van der Waals surface area (Å²) in [7, 11) is -7.87. The van der Waals surface area contributed by atoms with Crippen molar-refractivity contribution in [2.24, 2.45) is 5.41 Å². The van der Waals surface area contributed by atoms with Crippen molar-refractivity contribution in [3.8, 4) is 0 Å². The summed E-state index contributed by atoms with van der Waals surface area (Å²) in [4.78, 5) is 41.4. The van der Waals surface area contributed by atoms with Gasteiger partial charge >= 0.3 is 7.82 Å². The zero-order valence-corrected chi connectivity index (χ0v) is 22.3. The lowest BCUT2D eigenvalue weighted by atomic mass is 9.87. The standard InChI is InChI=1S/C21H43N2O9PS/c1-4-5-6-7-8-9-10-15-34(30,31)16-11-13-22-18(24)12-14-23-20(26)19(25)21(2,3)17-32-33(27,28)29/h19,25H,4-17H2,1-3H3,(H,22,24)(H,23,26)(H2,27,28,29)/t19-/m0/s1. The average Bonchev–Trinajstić information content (AvgIpc) is 2.73. The lowest BCUT2D eigenvalue weighted by Crippen LogP contribution is -2.46. The molecule has 0 saturated carbocycles. The highest BCUT2D eigenvalue weighted by molar-refractivity contribution is 7.91. The van der Waals surface area contributed by atoms with Crippen molar-refractivity contribution in [2.45, 2.75) is 84.7 Å². The smallest absolute Gasteiger partial charge is 0.383 e. The Kier molecular flexibility index (Phi) is 16.1. The molecule has 0 fully saturated rings. The molecular weight excluding hydrogens is 487 g/mol. The van der Waals surface area contributed by atoms with Crippen LogP contribution in [0.4, 0.5) is 0 Å². The van der Waals surface area contributed by atoms with Gasteiger partial charge in [-0.05, 0) is 12.8 Å². The van der Waals surface area contributed by atoms with Crippen LogP contribution in [0, 0.1) is 5.41 Å². The summed E-state index contributed by atoms with van der Waals surface area (Å²) in [6.07, 6.45) is 5.99. The van der Waals surface area contributed by atoms with E-state index >= 15 is 0 Å². The summed E-state index contributed by atoms with van der Waals surface area (Å²) in [6, 6.07) is 0. The van der Waals surface area contributed by atoms with E-state index in [-0.39, 0.29) is 36.9 Å². The SMILES string of the molecule is CCCCCCCCCS(=O)(=O)CCCNC(=O)CCNC(=O)[C@H](O)C(C)(C)COP(=O)(O)O. The summed E-state index contributed by atoms with van der Waals surface area (Å²) in [5.74, 6) is -0.997. The minimum atomic E-state index is -4.74. The molecule has 0 unspecified atom stereocenters. The first-order valence-electron chi connectivity index (χ1n) is 11.8. The van der Waals surface area contributed by atoms with E-state index in [0.29, 0.717) is 12.8 Å². The fraction of sp³-hybridized carbons (Fsp3) is 0.905. The topological polar surface area (TPSA) is 179 Å². The third-order valence-corrected chi connectivity index (χ3v) is 7.54. The Hall–Kier alpha value is -1.04. The number of rotatable bonds is 20. The molecule has 5 N–H and O–H groups in total. The predicted octanol–water partition coefficient (Wildman–Crippen LogP) is 1.66. The van der Waals surface area contributed by atoms with Gasteiger partial charge in [-0.25, -0.2) is 13.0 Å². The molecule has 1 atom stereocenters. The van der Waals surface area contributed by atoms with Gasteiger partial charge in [-0.1, -0.05) is 59.3 Å². The summed E-state index contributed by atoms with van der Waals surface area (Å²) >= 11 is 0. The molecule has 0 saturated heterocycles. The van der Waals surface area contributed by atoms with Crippen LogP contribution in [0.5, 0.6) is 0 Å². The van der Waals surface area contributed by atoms with Crippen molar-refractivity contribution < 1.29 is 42.0 Å². The monoisotopic (exact) mass is 530 g/mol. The number of carbonyl (C=O) groups is 2. The van der Waals surface area contributed by atoms with Crippen molar-refractivity contribution in [3.63, 3.8) is 0 Å². The summed E-state index contributed by atoms with van der Waals surface area (Å²) in [5, 5.41) is 15.1. The zero-order valence-electron chi connectivity index (χ0n) is 20.6. The molecule has 0 aliphatic rings. The van der Waals surface area contributed by atoms with Crippen LogP contribution in [0.2, 0.25) is 0 Å². The van der Waals surface area contributed by atoms with Gasteiger partial charge in [0.1, 0.15) is 15.9 Å². The maximum atomic E-state index is 12.1. The van der Waals surface area contributed by atoms with Crippen LogP contribution in [0.25, 0.3) is 0 Å². The van der Waals surface area contributed by atoms with Gasteiger partial charge in [-0.2, -0.15) is 0 Å². The Morgan fingerprint density at radius 1 is 0.941 bits per heavy atom. The van der Waals surface area contributed by atoms with E-state index < -0.39 is 41.7 Å². The van der Waals surface area contributed by atoms with Crippen LogP contribution in [0.15, 0.2) is 0 Å². The average molecular weight is 531 g/mol. The minimum Gasteiger partial charge on any atom is -0.383 e. The van der Waals surface area contributed by atoms with E-state index in [1.165, 1.54) is 33.1 Å². The first-order chi connectivity index (χ1) is 15.7. The van der Waals surface area contributed by atoms with Gasteiger partial charge in [0, 0.05) is 24.9 Å². The molecule has 0 bridgehead atoms. The van der Waals surface area contributed by atoms with Crippen LogP contribution in [0.3, 0.4) is 0 Å². The molecule has 34 heavy (non-hydrogen) atoms. The molecule has 202 valence electrons. The van der Waals surface area contributed by atoms with Gasteiger partial charge in [0.2, 0.25) is 11.8 Å². The second kappa shape index (κ2) is 16.6. The van der Waals surface area contributed by atoms with Crippen LogP contribution in [-0.4, -0.2) is 72.4 Å². The van der Waals surface area contributed by atoms with E-state index in [4.69, 9.17) is 9.79 Å². The number of aliphatic hydroxyl groups excluding tert-OH is 1. The molecule has 0 aromatic heterocycles. The van der Waals surface area contributed by atoms with E-state index in [9.17, 15) is 27.7 Å². The molecule has 0 rings (SSSR count). The number of amides is 2. The van der Waals surface area contributed by atoms with Crippen LogP contribution in [0.1, 0.15) is 78.6 Å². The maximum absolute atomic E-state index is 12.1. The molecule has 0 aromatic carbocycles. The third kappa shape index (κ3) is 17.4. The second-order valence-electron chi connectivity index (χ2n) is 9.17. The molecule has 2 amide bonds. The summed E-state index contributed by atoms with van der Waals surface area (Å²) in [5.41, 5.74) is -1.27. The molecule has 0 aliphatic heterocycles. The van der Waals surface area contributed by atoms with Gasteiger partial charge in [0.25, 0.3) is 0 Å². The Labute approximate surface area is 203 Å². The molecule has 11 nitrogen and oxygen atoms in total. The molecular formula is C21H43N2O9PS. The number of aliphatic hydroxyl groups is 1. The van der Waals surface area contributed by atoms with Gasteiger partial charge < -0.3 is 25.5 Å². The Balaban J connectivity index is 4.01. The number of phosphoric ester groups is 1. The Bertz CT molecular complexity index is 753. The number of unbranched alkanes of at least 4 members (excludes halogenated alkanes) is 6. The molecule has 0 radical (unpaired) electrons. The number of phosphoric acid groups is 1. The van der Waals surface area contributed by atoms with Gasteiger partial charge in [-0.15, -0.1) is 0 Å². The van der Waals surface area contributed by atoms with E-state index in [0.717, 1.165) is 19.3 Å². The lowest BCUT2D eigenvalue weighted by Gasteiger charge is -2.29. The number of nitrogens with one attached hydrogen (secondary N) is 2. The van der Waals surface area contributed by atoms with Gasteiger partial charge in [0.05, 0.1) is 18.1 Å². The van der Waals surface area contributed by atoms with Gasteiger partial charge in [-0.3, -0.25) is 14.1 Å².